The van der Waals surface area contributed by atoms with Crippen molar-refractivity contribution in [3.8, 4) is 22.3 Å². The first kappa shape index (κ1) is 22.3. The van der Waals surface area contributed by atoms with Crippen molar-refractivity contribution in [2.45, 2.75) is 25.8 Å². The van der Waals surface area contributed by atoms with E-state index in [0.29, 0.717) is 52.5 Å². The summed E-state index contributed by atoms with van der Waals surface area (Å²) in [5, 5.41) is 0. The summed E-state index contributed by atoms with van der Waals surface area (Å²) in [5.74, 6) is -0.630. The highest BCUT2D eigenvalue weighted by Gasteiger charge is 2.24. The molecule has 1 saturated heterocycles. The molecule has 0 saturated carbocycles. The number of ether oxygens (including phenoxy) is 2. The zero-order valence-electron chi connectivity index (χ0n) is 17.7. The van der Waals surface area contributed by atoms with Crippen LogP contribution in [0, 0.1) is 17.6 Å². The molecule has 1 aliphatic rings. The monoisotopic (exact) mass is 438 g/mol. The lowest BCUT2D eigenvalue weighted by Gasteiger charge is -2.29. The first-order chi connectivity index (χ1) is 15.6. The standard InChI is InChI=1S/C27H25F3O2/c1-2-3-4-19-16-31-27(32-17-19)22-10-12-24(26(30)14-22)21-9-11-23(25(29)13-21)20-7-5-18(15-28)6-8-20/h2,5-14,19,27H,1,3-4,15-17H2. The van der Waals surface area contributed by atoms with Gasteiger partial charge in [-0.15, -0.1) is 6.58 Å². The molecule has 0 aromatic heterocycles. The zero-order valence-corrected chi connectivity index (χ0v) is 17.7. The predicted octanol–water partition coefficient (Wildman–Crippen LogP) is 7.40. The lowest BCUT2D eigenvalue weighted by molar-refractivity contribution is -0.205. The predicted molar refractivity (Wildman–Crippen MR) is 120 cm³/mol. The molecule has 5 heteroatoms. The average molecular weight is 438 g/mol. The summed E-state index contributed by atoms with van der Waals surface area (Å²) in [6.45, 7) is 4.27. The topological polar surface area (TPSA) is 18.5 Å². The van der Waals surface area contributed by atoms with E-state index in [0.717, 1.165) is 12.8 Å². The van der Waals surface area contributed by atoms with Crippen LogP contribution >= 0.6 is 0 Å². The molecule has 0 bridgehead atoms. The molecular formula is C27H25F3O2. The molecule has 3 aromatic carbocycles. The first-order valence-electron chi connectivity index (χ1n) is 10.7. The number of hydrogen-bond donors (Lipinski definition) is 0. The number of allylic oxidation sites excluding steroid dienone is 1. The van der Waals surface area contributed by atoms with Crippen LogP contribution in [0.1, 0.15) is 30.3 Å². The highest BCUT2D eigenvalue weighted by molar-refractivity contribution is 5.71. The Balaban J connectivity index is 1.49. The molecule has 0 spiro atoms. The van der Waals surface area contributed by atoms with E-state index in [9.17, 15) is 13.2 Å². The number of rotatable bonds is 7. The third-order valence-electron chi connectivity index (χ3n) is 5.71. The van der Waals surface area contributed by atoms with Crippen molar-refractivity contribution in [1.29, 1.82) is 0 Å². The van der Waals surface area contributed by atoms with Crippen LogP contribution in [-0.4, -0.2) is 13.2 Å². The van der Waals surface area contributed by atoms with Crippen LogP contribution < -0.4 is 0 Å². The molecule has 0 atom stereocenters. The minimum absolute atomic E-state index is 0.298. The third-order valence-corrected chi connectivity index (χ3v) is 5.71. The van der Waals surface area contributed by atoms with Crippen molar-refractivity contribution in [2.75, 3.05) is 13.2 Å². The second-order valence-electron chi connectivity index (χ2n) is 8.00. The van der Waals surface area contributed by atoms with E-state index >= 15 is 0 Å². The molecule has 0 radical (unpaired) electrons. The van der Waals surface area contributed by atoms with Crippen molar-refractivity contribution in [1.82, 2.24) is 0 Å². The van der Waals surface area contributed by atoms with Gasteiger partial charge >= 0.3 is 0 Å². The van der Waals surface area contributed by atoms with Crippen molar-refractivity contribution < 1.29 is 22.6 Å². The molecular weight excluding hydrogens is 413 g/mol. The molecule has 0 unspecified atom stereocenters. The molecule has 0 N–H and O–H groups in total. The van der Waals surface area contributed by atoms with E-state index in [2.05, 4.69) is 6.58 Å². The summed E-state index contributed by atoms with van der Waals surface area (Å²) in [7, 11) is 0. The normalized spacial score (nSPS) is 18.5. The summed E-state index contributed by atoms with van der Waals surface area (Å²) >= 11 is 0. The van der Waals surface area contributed by atoms with Crippen molar-refractivity contribution in [3.05, 3.63) is 96.1 Å². The van der Waals surface area contributed by atoms with E-state index < -0.39 is 24.6 Å². The minimum atomic E-state index is -0.607. The van der Waals surface area contributed by atoms with Crippen molar-refractivity contribution in [3.63, 3.8) is 0 Å². The Morgan fingerprint density at radius 2 is 1.47 bits per heavy atom. The molecule has 0 aliphatic carbocycles. The highest BCUT2D eigenvalue weighted by Crippen LogP contribution is 2.33. The number of halogens is 3. The van der Waals surface area contributed by atoms with Gasteiger partial charge in [0.15, 0.2) is 6.29 Å². The highest BCUT2D eigenvalue weighted by atomic mass is 19.1. The van der Waals surface area contributed by atoms with E-state index in [1.54, 1.807) is 48.5 Å². The fourth-order valence-electron chi connectivity index (χ4n) is 3.86. The van der Waals surface area contributed by atoms with Crippen LogP contribution in [0.5, 0.6) is 0 Å². The van der Waals surface area contributed by atoms with E-state index in [4.69, 9.17) is 9.47 Å². The number of benzene rings is 3. The van der Waals surface area contributed by atoms with Gasteiger partial charge in [0.1, 0.15) is 18.3 Å². The van der Waals surface area contributed by atoms with Gasteiger partial charge < -0.3 is 9.47 Å². The molecule has 4 rings (SSSR count). The van der Waals surface area contributed by atoms with Gasteiger partial charge in [-0.05, 0) is 41.7 Å². The van der Waals surface area contributed by atoms with Crippen molar-refractivity contribution >= 4 is 0 Å². The maximum atomic E-state index is 14.9. The molecule has 166 valence electrons. The smallest absolute Gasteiger partial charge is 0.183 e. The Kier molecular flexibility index (Phi) is 7.08. The van der Waals surface area contributed by atoms with E-state index in [1.807, 2.05) is 6.08 Å². The maximum absolute atomic E-state index is 14.9. The van der Waals surface area contributed by atoms with Gasteiger partial charge in [0.2, 0.25) is 0 Å². The number of hydrogen-bond acceptors (Lipinski definition) is 2. The van der Waals surface area contributed by atoms with Crippen LogP contribution in [-0.2, 0) is 16.1 Å². The Bertz CT molecular complexity index is 1070. The lowest BCUT2D eigenvalue weighted by atomic mass is 9.98. The minimum Gasteiger partial charge on any atom is -0.348 e. The molecule has 32 heavy (non-hydrogen) atoms. The van der Waals surface area contributed by atoms with Gasteiger partial charge in [-0.3, -0.25) is 0 Å². The lowest BCUT2D eigenvalue weighted by Crippen LogP contribution is -2.27. The largest absolute Gasteiger partial charge is 0.348 e. The van der Waals surface area contributed by atoms with Crippen LogP contribution in [0.25, 0.3) is 22.3 Å². The molecule has 0 amide bonds. The van der Waals surface area contributed by atoms with Crippen LogP contribution in [0.4, 0.5) is 13.2 Å². The van der Waals surface area contributed by atoms with Crippen LogP contribution in [0.15, 0.2) is 73.3 Å². The number of alkyl halides is 1. The fraction of sp³-hybridized carbons (Fsp3) is 0.259. The fourth-order valence-corrected chi connectivity index (χ4v) is 3.86. The summed E-state index contributed by atoms with van der Waals surface area (Å²) in [4.78, 5) is 0. The SMILES string of the molecule is C=CCCC1COC(c2ccc(-c3ccc(-c4ccc(CF)cc4)c(F)c3)c(F)c2)OC1. The summed E-state index contributed by atoms with van der Waals surface area (Å²) in [6, 6.07) is 15.9. The Morgan fingerprint density at radius 1 is 0.844 bits per heavy atom. The summed E-state index contributed by atoms with van der Waals surface area (Å²) in [6.07, 6.45) is 3.12. The van der Waals surface area contributed by atoms with Gasteiger partial charge in [0.25, 0.3) is 0 Å². The van der Waals surface area contributed by atoms with Gasteiger partial charge in [-0.1, -0.05) is 54.6 Å². The van der Waals surface area contributed by atoms with Gasteiger partial charge in [-0.25, -0.2) is 13.2 Å². The van der Waals surface area contributed by atoms with Gasteiger partial charge in [0, 0.05) is 22.6 Å². The van der Waals surface area contributed by atoms with E-state index in [-0.39, 0.29) is 0 Å². The van der Waals surface area contributed by atoms with E-state index in [1.165, 1.54) is 12.1 Å². The molecule has 1 aliphatic heterocycles. The van der Waals surface area contributed by atoms with Crippen LogP contribution in [0.3, 0.4) is 0 Å². The second-order valence-corrected chi connectivity index (χ2v) is 8.00. The Hall–Kier alpha value is -2.89. The third kappa shape index (κ3) is 4.95. The van der Waals surface area contributed by atoms with Crippen molar-refractivity contribution in [2.24, 2.45) is 5.92 Å². The average Bonchev–Trinajstić information content (AvgIpc) is 2.83. The quantitative estimate of drug-likeness (QED) is 0.358. The first-order valence-corrected chi connectivity index (χ1v) is 10.7. The molecule has 2 nitrogen and oxygen atoms in total. The van der Waals surface area contributed by atoms with Crippen LogP contribution in [0.2, 0.25) is 0 Å². The maximum Gasteiger partial charge on any atom is 0.183 e. The molecule has 3 aromatic rings. The van der Waals surface area contributed by atoms with Gasteiger partial charge in [-0.2, -0.15) is 0 Å². The molecule has 1 heterocycles. The second kappa shape index (κ2) is 10.2. The Morgan fingerprint density at radius 3 is 2.09 bits per heavy atom. The summed E-state index contributed by atoms with van der Waals surface area (Å²) < 4.78 is 53.9. The zero-order chi connectivity index (χ0) is 22.5. The van der Waals surface area contributed by atoms with Gasteiger partial charge in [0.05, 0.1) is 13.2 Å². The molecule has 1 fully saturated rings. The Labute approximate surface area is 186 Å². The summed E-state index contributed by atoms with van der Waals surface area (Å²) in [5.41, 5.74) is 2.88.